The van der Waals surface area contributed by atoms with E-state index in [-0.39, 0.29) is 0 Å². The number of aryl methyl sites for hydroxylation is 2. The Kier molecular flexibility index (Phi) is 2.39. The van der Waals surface area contributed by atoms with Crippen LogP contribution in [-0.4, -0.2) is 24.5 Å². The quantitative estimate of drug-likeness (QED) is 0.849. The molecular formula is C11H15N5S. The summed E-state index contributed by atoms with van der Waals surface area (Å²) in [5, 5.41) is 11.7. The molecule has 0 atom stereocenters. The molecule has 0 saturated heterocycles. The summed E-state index contributed by atoms with van der Waals surface area (Å²) >= 11 is 5.28. The molecule has 3 rings (SSSR count). The monoisotopic (exact) mass is 249 g/mol. The van der Waals surface area contributed by atoms with Crippen molar-refractivity contribution in [1.82, 2.24) is 24.5 Å². The molecule has 1 N–H and O–H groups in total. The number of rotatable bonds is 3. The number of hydrogen-bond acceptors (Lipinski definition) is 3. The van der Waals surface area contributed by atoms with E-state index in [0.29, 0.717) is 10.8 Å². The van der Waals surface area contributed by atoms with Crippen molar-refractivity contribution in [2.45, 2.75) is 32.2 Å². The normalized spacial score (nSPS) is 15.4. The average molecular weight is 249 g/mol. The van der Waals surface area contributed by atoms with Crippen molar-refractivity contribution >= 4 is 12.2 Å². The van der Waals surface area contributed by atoms with Gasteiger partial charge in [-0.1, -0.05) is 6.92 Å². The van der Waals surface area contributed by atoms with Gasteiger partial charge in [-0.05, 0) is 37.5 Å². The molecule has 0 aliphatic heterocycles. The largest absolute Gasteiger partial charge is 0.296 e. The van der Waals surface area contributed by atoms with Gasteiger partial charge in [0.25, 0.3) is 0 Å². The minimum atomic E-state index is 0.524. The molecule has 0 bridgehead atoms. The maximum atomic E-state index is 5.28. The average Bonchev–Trinajstić information content (AvgIpc) is 2.98. The van der Waals surface area contributed by atoms with Crippen LogP contribution in [0.3, 0.4) is 0 Å². The zero-order chi connectivity index (χ0) is 12.0. The van der Waals surface area contributed by atoms with Crippen molar-refractivity contribution < 1.29 is 0 Å². The molecule has 5 nitrogen and oxygen atoms in total. The van der Waals surface area contributed by atoms with Crippen LogP contribution in [-0.2, 0) is 13.5 Å². The Morgan fingerprint density at radius 3 is 2.88 bits per heavy atom. The summed E-state index contributed by atoms with van der Waals surface area (Å²) in [6.07, 6.45) is 3.32. The standard InChI is InChI=1S/C11H15N5S/c1-3-7-6-9(15(2)14-7)10-12-13-11(17)16(10)8-4-5-8/h6,8H,3-5H2,1-2H3,(H,13,17). The van der Waals surface area contributed by atoms with E-state index in [2.05, 4.69) is 32.9 Å². The van der Waals surface area contributed by atoms with E-state index < -0.39 is 0 Å². The van der Waals surface area contributed by atoms with Crippen LogP contribution in [0.2, 0.25) is 0 Å². The minimum Gasteiger partial charge on any atom is -0.296 e. The molecule has 1 aliphatic carbocycles. The number of H-pyrrole nitrogens is 1. The van der Waals surface area contributed by atoms with Gasteiger partial charge in [0.05, 0.1) is 5.69 Å². The summed E-state index contributed by atoms with van der Waals surface area (Å²) in [6, 6.07) is 2.61. The van der Waals surface area contributed by atoms with Crippen molar-refractivity contribution in [2.75, 3.05) is 0 Å². The third-order valence-electron chi connectivity index (χ3n) is 3.14. The zero-order valence-corrected chi connectivity index (χ0v) is 10.8. The van der Waals surface area contributed by atoms with E-state index in [0.717, 1.165) is 23.6 Å². The first-order chi connectivity index (χ1) is 8.20. The van der Waals surface area contributed by atoms with E-state index in [4.69, 9.17) is 12.2 Å². The minimum absolute atomic E-state index is 0.524. The molecule has 2 aromatic heterocycles. The SMILES string of the molecule is CCc1cc(-c2n[nH]c(=S)n2C2CC2)n(C)n1. The van der Waals surface area contributed by atoms with Crippen molar-refractivity contribution in [3.8, 4) is 11.5 Å². The van der Waals surface area contributed by atoms with E-state index in [1.54, 1.807) is 0 Å². The summed E-state index contributed by atoms with van der Waals surface area (Å²) in [4.78, 5) is 0. The van der Waals surface area contributed by atoms with Crippen LogP contribution in [0.15, 0.2) is 6.07 Å². The highest BCUT2D eigenvalue weighted by Crippen LogP contribution is 2.38. The summed E-state index contributed by atoms with van der Waals surface area (Å²) < 4.78 is 4.70. The van der Waals surface area contributed by atoms with Crippen LogP contribution in [0.4, 0.5) is 0 Å². The summed E-state index contributed by atoms with van der Waals surface area (Å²) in [7, 11) is 1.95. The Morgan fingerprint density at radius 2 is 2.29 bits per heavy atom. The van der Waals surface area contributed by atoms with Crippen LogP contribution >= 0.6 is 12.2 Å². The molecule has 0 aromatic carbocycles. The Bertz CT molecular complexity index is 602. The summed E-state index contributed by atoms with van der Waals surface area (Å²) in [6.45, 7) is 2.10. The fraction of sp³-hybridized carbons (Fsp3) is 0.545. The van der Waals surface area contributed by atoms with Crippen molar-refractivity contribution in [3.05, 3.63) is 16.5 Å². The lowest BCUT2D eigenvalue weighted by Crippen LogP contribution is -2.02. The Balaban J connectivity index is 2.14. The third kappa shape index (κ3) is 1.72. The second-order valence-corrected chi connectivity index (χ2v) is 4.84. The second kappa shape index (κ2) is 3.80. The fourth-order valence-corrected chi connectivity index (χ4v) is 2.35. The number of nitrogens with one attached hydrogen (secondary N) is 1. The van der Waals surface area contributed by atoms with Gasteiger partial charge < -0.3 is 0 Å². The molecule has 2 heterocycles. The summed E-state index contributed by atoms with van der Waals surface area (Å²) in [5.74, 6) is 0.909. The molecule has 0 spiro atoms. The predicted octanol–water partition coefficient (Wildman–Crippen LogP) is 2.24. The van der Waals surface area contributed by atoms with Crippen molar-refractivity contribution in [3.63, 3.8) is 0 Å². The van der Waals surface area contributed by atoms with Gasteiger partial charge in [0.2, 0.25) is 0 Å². The van der Waals surface area contributed by atoms with Crippen LogP contribution in [0.5, 0.6) is 0 Å². The topological polar surface area (TPSA) is 51.4 Å². The molecule has 1 fully saturated rings. The second-order valence-electron chi connectivity index (χ2n) is 4.45. The molecule has 90 valence electrons. The van der Waals surface area contributed by atoms with Crippen molar-refractivity contribution in [2.24, 2.45) is 7.05 Å². The lowest BCUT2D eigenvalue weighted by Gasteiger charge is -2.04. The highest BCUT2D eigenvalue weighted by molar-refractivity contribution is 7.71. The van der Waals surface area contributed by atoms with Crippen LogP contribution in [0.1, 0.15) is 31.5 Å². The number of aromatic nitrogens is 5. The first-order valence-corrected chi connectivity index (χ1v) is 6.31. The van der Waals surface area contributed by atoms with Gasteiger partial charge in [-0.25, -0.2) is 0 Å². The molecule has 1 aliphatic rings. The Hall–Kier alpha value is -1.43. The zero-order valence-electron chi connectivity index (χ0n) is 9.97. The molecular weight excluding hydrogens is 234 g/mol. The number of aromatic amines is 1. The first-order valence-electron chi connectivity index (χ1n) is 5.91. The van der Waals surface area contributed by atoms with Crippen LogP contribution < -0.4 is 0 Å². The van der Waals surface area contributed by atoms with Gasteiger partial charge >= 0.3 is 0 Å². The van der Waals surface area contributed by atoms with Gasteiger partial charge in [-0.15, -0.1) is 0 Å². The maximum absolute atomic E-state index is 5.28. The molecule has 2 aromatic rings. The van der Waals surface area contributed by atoms with Gasteiger partial charge in [-0.3, -0.25) is 14.3 Å². The fourth-order valence-electron chi connectivity index (χ4n) is 2.07. The van der Waals surface area contributed by atoms with Gasteiger partial charge in [0, 0.05) is 13.1 Å². The molecule has 0 radical (unpaired) electrons. The highest BCUT2D eigenvalue weighted by Gasteiger charge is 2.28. The smallest absolute Gasteiger partial charge is 0.195 e. The molecule has 0 unspecified atom stereocenters. The third-order valence-corrected chi connectivity index (χ3v) is 3.43. The van der Waals surface area contributed by atoms with Gasteiger partial charge in [0.15, 0.2) is 10.6 Å². The number of hydrogen-bond donors (Lipinski definition) is 1. The van der Waals surface area contributed by atoms with E-state index in [1.807, 2.05) is 11.7 Å². The van der Waals surface area contributed by atoms with Crippen LogP contribution in [0, 0.1) is 4.77 Å². The molecule has 1 saturated carbocycles. The molecule has 0 amide bonds. The molecule has 6 heteroatoms. The lowest BCUT2D eigenvalue weighted by atomic mass is 10.3. The van der Waals surface area contributed by atoms with E-state index >= 15 is 0 Å². The maximum Gasteiger partial charge on any atom is 0.195 e. The predicted molar refractivity (Wildman–Crippen MR) is 67.3 cm³/mol. The van der Waals surface area contributed by atoms with E-state index in [1.165, 1.54) is 12.8 Å². The Labute approximate surface area is 104 Å². The lowest BCUT2D eigenvalue weighted by molar-refractivity contribution is 0.708. The van der Waals surface area contributed by atoms with Crippen molar-refractivity contribution in [1.29, 1.82) is 0 Å². The number of nitrogens with zero attached hydrogens (tertiary/aromatic N) is 4. The summed E-state index contributed by atoms with van der Waals surface area (Å²) in [5.41, 5.74) is 2.11. The van der Waals surface area contributed by atoms with Gasteiger partial charge in [0.1, 0.15) is 5.69 Å². The van der Waals surface area contributed by atoms with Crippen LogP contribution in [0.25, 0.3) is 11.5 Å². The van der Waals surface area contributed by atoms with Gasteiger partial charge in [-0.2, -0.15) is 10.2 Å². The first kappa shape index (κ1) is 10.7. The highest BCUT2D eigenvalue weighted by atomic mass is 32.1. The molecule has 17 heavy (non-hydrogen) atoms. The Morgan fingerprint density at radius 1 is 1.53 bits per heavy atom. The van der Waals surface area contributed by atoms with E-state index in [9.17, 15) is 0 Å².